The molecule has 0 N–H and O–H groups in total. The van der Waals surface area contributed by atoms with Crippen LogP contribution in [0.2, 0.25) is 10.6 Å². The molecular formula is C11H15Al. The fourth-order valence-corrected chi connectivity index (χ4v) is 5.45. The van der Waals surface area contributed by atoms with E-state index in [1.165, 1.54) is 19.3 Å². The van der Waals surface area contributed by atoms with Gasteiger partial charge in [0.25, 0.3) is 0 Å². The Morgan fingerprint density at radius 3 is 2.17 bits per heavy atom. The number of rotatable bonds is 1. The molecule has 1 heteroatoms. The summed E-state index contributed by atoms with van der Waals surface area (Å²) in [4.78, 5) is 0. The highest BCUT2D eigenvalue weighted by atomic mass is 27.2. The van der Waals surface area contributed by atoms with E-state index in [9.17, 15) is 0 Å². The average molecular weight is 174 g/mol. The molecule has 1 aromatic rings. The van der Waals surface area contributed by atoms with Gasteiger partial charge in [-0.05, 0) is 0 Å². The van der Waals surface area contributed by atoms with Gasteiger partial charge in [0.1, 0.15) is 0 Å². The van der Waals surface area contributed by atoms with Crippen molar-refractivity contribution >= 4 is 18.6 Å². The van der Waals surface area contributed by atoms with Crippen LogP contribution in [0.5, 0.6) is 0 Å². The first-order valence-corrected chi connectivity index (χ1v) is 7.23. The maximum atomic E-state index is 2.34. The quantitative estimate of drug-likeness (QED) is 0.574. The van der Waals surface area contributed by atoms with Gasteiger partial charge in [0.05, 0.1) is 0 Å². The summed E-state index contributed by atoms with van der Waals surface area (Å²) >= 11 is -0.484. The van der Waals surface area contributed by atoms with Gasteiger partial charge in [-0.2, -0.15) is 0 Å². The average Bonchev–Trinajstić information content (AvgIpc) is 2.21. The summed E-state index contributed by atoms with van der Waals surface area (Å²) in [7, 11) is 0. The molecule has 0 aliphatic carbocycles. The van der Waals surface area contributed by atoms with E-state index >= 15 is 0 Å². The molecule has 1 saturated heterocycles. The van der Waals surface area contributed by atoms with Gasteiger partial charge in [-0.1, -0.05) is 60.2 Å². The first-order valence-electron chi connectivity index (χ1n) is 5.02. The second kappa shape index (κ2) is 4.12. The van der Waals surface area contributed by atoms with Gasteiger partial charge in [0, 0.05) is 0 Å². The minimum Gasteiger partial charge on any atom is -0.110 e. The number of hydrogen-bond acceptors (Lipinski definition) is 0. The molecule has 1 aliphatic heterocycles. The highest BCUT2D eigenvalue weighted by Crippen LogP contribution is 2.18. The summed E-state index contributed by atoms with van der Waals surface area (Å²) in [6.07, 6.45) is 4.47. The van der Waals surface area contributed by atoms with Crippen LogP contribution in [0.4, 0.5) is 0 Å². The lowest BCUT2D eigenvalue weighted by Gasteiger charge is -2.16. The van der Waals surface area contributed by atoms with E-state index in [4.69, 9.17) is 0 Å². The largest absolute Gasteiger partial charge is 0.305 e. The summed E-state index contributed by atoms with van der Waals surface area (Å²) in [5.41, 5.74) is 0. The highest BCUT2D eigenvalue weighted by Gasteiger charge is 2.21. The van der Waals surface area contributed by atoms with Crippen LogP contribution in [0, 0.1) is 0 Å². The number of benzene rings is 1. The molecule has 0 atom stereocenters. The van der Waals surface area contributed by atoms with Crippen molar-refractivity contribution in [1.29, 1.82) is 0 Å². The van der Waals surface area contributed by atoms with Crippen molar-refractivity contribution < 1.29 is 0 Å². The molecule has 12 heavy (non-hydrogen) atoms. The zero-order valence-corrected chi connectivity index (χ0v) is 8.65. The Kier molecular flexibility index (Phi) is 2.87. The van der Waals surface area contributed by atoms with Crippen molar-refractivity contribution in [3.8, 4) is 0 Å². The highest BCUT2D eigenvalue weighted by molar-refractivity contribution is 6.73. The van der Waals surface area contributed by atoms with E-state index in [-0.39, 0.29) is 0 Å². The van der Waals surface area contributed by atoms with Crippen LogP contribution in [-0.2, 0) is 0 Å². The predicted molar refractivity (Wildman–Crippen MR) is 55.3 cm³/mol. The van der Waals surface area contributed by atoms with E-state index < -0.39 is 14.1 Å². The third kappa shape index (κ3) is 1.91. The molecule has 2 rings (SSSR count). The molecule has 0 amide bonds. The van der Waals surface area contributed by atoms with Crippen LogP contribution in [0.25, 0.3) is 0 Å². The lowest BCUT2D eigenvalue weighted by Crippen LogP contribution is -2.31. The molecular weight excluding hydrogens is 159 g/mol. The van der Waals surface area contributed by atoms with Crippen molar-refractivity contribution in [3.63, 3.8) is 0 Å². The van der Waals surface area contributed by atoms with Gasteiger partial charge in [0.15, 0.2) is 0 Å². The molecule has 0 unspecified atom stereocenters. The summed E-state index contributed by atoms with van der Waals surface area (Å²) in [6.45, 7) is 0. The molecule has 1 fully saturated rings. The standard InChI is InChI=1S/C6H5.C5H10.Al/c1-2-4-6-5-3-1;1-3-5-4-2;/h1-5H;1-5H2;. The molecule has 0 bridgehead atoms. The third-order valence-electron chi connectivity index (χ3n) is 2.88. The molecule has 0 spiro atoms. The Bertz CT molecular complexity index is 224. The third-order valence-corrected chi connectivity index (χ3v) is 6.41. The smallest absolute Gasteiger partial charge is 0.110 e. The zero-order valence-electron chi connectivity index (χ0n) is 7.50. The number of hydrogen-bond donors (Lipinski definition) is 0. The summed E-state index contributed by atoms with van der Waals surface area (Å²) in [5.74, 6) is 0. The molecule has 0 radical (unpaired) electrons. The molecule has 0 aromatic heterocycles. The molecule has 1 heterocycles. The van der Waals surface area contributed by atoms with E-state index in [0.29, 0.717) is 0 Å². The van der Waals surface area contributed by atoms with Gasteiger partial charge in [-0.25, -0.2) is 0 Å². The Labute approximate surface area is 79.0 Å². The van der Waals surface area contributed by atoms with E-state index in [1.807, 2.05) is 0 Å². The van der Waals surface area contributed by atoms with Gasteiger partial charge in [-0.3, -0.25) is 0 Å². The molecule has 0 nitrogen and oxygen atoms in total. The maximum absolute atomic E-state index is 2.34. The molecule has 1 aromatic carbocycles. The summed E-state index contributed by atoms with van der Waals surface area (Å²) in [5, 5.41) is 3.09. The Hall–Kier alpha value is -0.248. The molecule has 0 saturated carbocycles. The van der Waals surface area contributed by atoms with Gasteiger partial charge in [-0.15, -0.1) is 4.43 Å². The second-order valence-electron chi connectivity index (χ2n) is 3.75. The monoisotopic (exact) mass is 174 g/mol. The Balaban J connectivity index is 2.08. The minimum atomic E-state index is -0.484. The van der Waals surface area contributed by atoms with Gasteiger partial charge < -0.3 is 0 Å². The van der Waals surface area contributed by atoms with E-state index in [1.54, 1.807) is 15.0 Å². The normalized spacial score (nSPS) is 17.8. The maximum Gasteiger partial charge on any atom is 0.305 e. The van der Waals surface area contributed by atoms with Crippen LogP contribution in [0.1, 0.15) is 19.3 Å². The van der Waals surface area contributed by atoms with Crippen LogP contribution in [0.15, 0.2) is 30.3 Å². The lowest BCUT2D eigenvalue weighted by atomic mass is 10.3. The van der Waals surface area contributed by atoms with Gasteiger partial charge >= 0.3 is 14.1 Å². The zero-order chi connectivity index (χ0) is 8.23. The van der Waals surface area contributed by atoms with Crippen LogP contribution in [0.3, 0.4) is 0 Å². The Morgan fingerprint density at radius 2 is 1.50 bits per heavy atom. The first kappa shape index (κ1) is 8.36. The van der Waals surface area contributed by atoms with E-state index in [0.717, 1.165) is 0 Å². The van der Waals surface area contributed by atoms with Crippen molar-refractivity contribution in [2.45, 2.75) is 29.8 Å². The summed E-state index contributed by atoms with van der Waals surface area (Å²) in [6, 6.07) is 11.2. The fraction of sp³-hybridized carbons (Fsp3) is 0.455. The minimum absolute atomic E-state index is 0.484. The predicted octanol–water partition coefficient (Wildman–Crippen LogP) is 2.57. The second-order valence-corrected chi connectivity index (χ2v) is 6.96. The van der Waals surface area contributed by atoms with Crippen LogP contribution >= 0.6 is 0 Å². The van der Waals surface area contributed by atoms with E-state index in [2.05, 4.69) is 30.3 Å². The SMILES string of the molecule is c1cc[c]([Al]2[CH2]CCC[CH2]2)cc1. The lowest BCUT2D eigenvalue weighted by molar-refractivity contribution is 0.728. The summed E-state index contributed by atoms with van der Waals surface area (Å²) < 4.78 is 1.69. The van der Waals surface area contributed by atoms with Crippen LogP contribution < -0.4 is 4.43 Å². The van der Waals surface area contributed by atoms with Crippen LogP contribution in [-0.4, -0.2) is 14.1 Å². The fourth-order valence-electron chi connectivity index (χ4n) is 2.16. The Morgan fingerprint density at radius 1 is 0.833 bits per heavy atom. The van der Waals surface area contributed by atoms with Crippen molar-refractivity contribution in [2.24, 2.45) is 0 Å². The molecule has 1 aliphatic rings. The first-order chi connectivity index (χ1) is 5.97. The van der Waals surface area contributed by atoms with Crippen molar-refractivity contribution in [1.82, 2.24) is 0 Å². The van der Waals surface area contributed by atoms with Gasteiger partial charge in [0.2, 0.25) is 0 Å². The topological polar surface area (TPSA) is 0 Å². The van der Waals surface area contributed by atoms with Crippen molar-refractivity contribution in [3.05, 3.63) is 30.3 Å². The van der Waals surface area contributed by atoms with Crippen molar-refractivity contribution in [2.75, 3.05) is 0 Å². The molecule has 62 valence electrons.